The highest BCUT2D eigenvalue weighted by molar-refractivity contribution is 6.46. The third kappa shape index (κ3) is 5.13. The smallest absolute Gasteiger partial charge is 0.295 e. The maximum Gasteiger partial charge on any atom is 0.295 e. The highest BCUT2D eigenvalue weighted by Gasteiger charge is 2.44. The number of hydrogen-bond acceptors (Lipinski definition) is 5. The molecule has 34 heavy (non-hydrogen) atoms. The van der Waals surface area contributed by atoms with E-state index in [2.05, 4.69) is 0 Å². The Morgan fingerprint density at radius 3 is 2.38 bits per heavy atom. The standard InChI is InChI=1S/C26H29FN2O5/c1-17(2)34-21-9-5-18(6-10-21)23-22(24(30)19-3-7-20(27)8-4-19)25(31)26(32)29(23)12-11-28-13-15-33-16-14-28/h3-10,17,23,30H,11-16H2,1-2H3/b24-22+. The number of morpholine rings is 1. The van der Waals surface area contributed by atoms with Crippen molar-refractivity contribution in [1.82, 2.24) is 4.90 Å². The van der Waals surface area contributed by atoms with Gasteiger partial charge in [-0.05, 0) is 49.2 Å². The van der Waals surface area contributed by atoms with Crippen molar-refractivity contribution in [2.75, 3.05) is 39.4 Å². The van der Waals surface area contributed by atoms with Gasteiger partial charge in [0.15, 0.2) is 0 Å². The van der Waals surface area contributed by atoms with Gasteiger partial charge in [-0.15, -0.1) is 0 Å². The molecule has 7 nitrogen and oxygen atoms in total. The molecule has 2 fully saturated rings. The maximum atomic E-state index is 13.4. The number of quaternary nitrogens is 1. The van der Waals surface area contributed by atoms with Crippen LogP contribution in [0.3, 0.4) is 0 Å². The lowest BCUT2D eigenvalue weighted by Gasteiger charge is -2.30. The van der Waals surface area contributed by atoms with Gasteiger partial charge in [-0.25, -0.2) is 4.39 Å². The van der Waals surface area contributed by atoms with Crippen LogP contribution in [0, 0.1) is 5.82 Å². The maximum absolute atomic E-state index is 13.4. The van der Waals surface area contributed by atoms with E-state index < -0.39 is 29.3 Å². The summed E-state index contributed by atoms with van der Waals surface area (Å²) >= 11 is 0. The monoisotopic (exact) mass is 468 g/mol. The molecule has 2 aromatic carbocycles. The predicted molar refractivity (Wildman–Crippen MR) is 121 cm³/mol. The average molecular weight is 469 g/mol. The summed E-state index contributed by atoms with van der Waals surface area (Å²) in [6.45, 7) is 7.78. The number of halogens is 1. The van der Waals surface area contributed by atoms with Gasteiger partial charge in [-0.2, -0.15) is 0 Å². The van der Waals surface area contributed by atoms with Gasteiger partial charge in [0.05, 0.1) is 38.4 Å². The van der Waals surface area contributed by atoms with Crippen molar-refractivity contribution in [1.29, 1.82) is 0 Å². The lowest BCUT2D eigenvalue weighted by molar-refractivity contribution is -0.907. The molecule has 1 N–H and O–H groups in total. The first-order chi connectivity index (χ1) is 16.3. The van der Waals surface area contributed by atoms with Crippen LogP contribution in [0.4, 0.5) is 4.39 Å². The summed E-state index contributed by atoms with van der Waals surface area (Å²) in [4.78, 5) is 28.9. The van der Waals surface area contributed by atoms with Gasteiger partial charge in [0, 0.05) is 5.57 Å². The van der Waals surface area contributed by atoms with Gasteiger partial charge in [-0.1, -0.05) is 30.0 Å². The number of amides is 1. The van der Waals surface area contributed by atoms with Crippen molar-refractivity contribution in [3.8, 4) is 5.75 Å². The van der Waals surface area contributed by atoms with Crippen LogP contribution in [0.15, 0.2) is 54.1 Å². The second-order valence-corrected chi connectivity index (χ2v) is 8.83. The Bertz CT molecular complexity index is 1060. The number of rotatable bonds is 7. The molecular weight excluding hydrogens is 439 g/mol. The zero-order chi connectivity index (χ0) is 24.2. The van der Waals surface area contributed by atoms with Gasteiger partial charge in [0.25, 0.3) is 5.91 Å². The number of ketones is 1. The van der Waals surface area contributed by atoms with Crippen LogP contribution in [-0.4, -0.2) is 62.1 Å². The van der Waals surface area contributed by atoms with E-state index in [1.54, 1.807) is 24.3 Å². The summed E-state index contributed by atoms with van der Waals surface area (Å²) in [5.41, 5.74) is 0.715. The number of ether oxygens (including phenoxy) is 2. The van der Waals surface area contributed by atoms with E-state index in [9.17, 15) is 19.1 Å². The average Bonchev–Trinajstić information content (AvgIpc) is 3.08. The van der Waals surface area contributed by atoms with Gasteiger partial charge < -0.3 is 24.4 Å². The Morgan fingerprint density at radius 1 is 1.12 bits per heavy atom. The summed E-state index contributed by atoms with van der Waals surface area (Å²) < 4.78 is 24.5. The molecule has 0 bridgehead atoms. The molecule has 8 heteroatoms. The molecule has 2 aliphatic rings. The highest BCUT2D eigenvalue weighted by Crippen LogP contribution is 2.38. The van der Waals surface area contributed by atoms with Crippen molar-refractivity contribution >= 4 is 17.4 Å². The molecule has 2 saturated heterocycles. The minimum Gasteiger partial charge on any atom is -0.872 e. The van der Waals surface area contributed by atoms with Crippen molar-refractivity contribution in [2.24, 2.45) is 0 Å². The summed E-state index contributed by atoms with van der Waals surface area (Å²) in [6.07, 6.45) is -0.00402. The van der Waals surface area contributed by atoms with Crippen LogP contribution < -0.4 is 14.7 Å². The fourth-order valence-electron chi connectivity index (χ4n) is 4.39. The Morgan fingerprint density at radius 2 is 1.76 bits per heavy atom. The number of carbonyl (C=O) groups is 2. The molecule has 2 heterocycles. The van der Waals surface area contributed by atoms with Crippen LogP contribution in [0.25, 0.3) is 5.76 Å². The minimum atomic E-state index is -0.814. The third-order valence-corrected chi connectivity index (χ3v) is 6.11. The molecule has 4 rings (SSSR count). The van der Waals surface area contributed by atoms with E-state index in [0.29, 0.717) is 37.6 Å². The van der Waals surface area contributed by atoms with Gasteiger partial charge in [0.1, 0.15) is 24.7 Å². The Kier molecular flexibility index (Phi) is 7.29. The van der Waals surface area contributed by atoms with E-state index in [0.717, 1.165) is 13.1 Å². The fraction of sp³-hybridized carbons (Fsp3) is 0.385. The van der Waals surface area contributed by atoms with E-state index in [4.69, 9.17) is 9.47 Å². The summed E-state index contributed by atoms with van der Waals surface area (Å²) in [7, 11) is 0. The molecule has 1 unspecified atom stereocenters. The van der Waals surface area contributed by atoms with Crippen LogP contribution in [-0.2, 0) is 14.3 Å². The number of carbonyl (C=O) groups excluding carboxylic acids is 2. The SMILES string of the molecule is CC(C)Oc1ccc(C2/C(=C(\[O-])c3ccc(F)cc3)C(=O)C(=O)N2CC[NH+]2CCOCC2)cc1. The molecule has 180 valence electrons. The third-order valence-electron chi connectivity index (χ3n) is 6.11. The van der Waals surface area contributed by atoms with E-state index in [-0.39, 0.29) is 17.2 Å². The molecule has 0 spiro atoms. The number of Topliss-reactive ketones (excluding diaryl/α,β-unsaturated/α-hetero) is 1. The zero-order valence-corrected chi connectivity index (χ0v) is 19.4. The fourth-order valence-corrected chi connectivity index (χ4v) is 4.39. The van der Waals surface area contributed by atoms with E-state index in [1.807, 2.05) is 13.8 Å². The van der Waals surface area contributed by atoms with Gasteiger partial charge in [0.2, 0.25) is 5.78 Å². The Balaban J connectivity index is 1.71. The number of likely N-dealkylation sites (tertiary alicyclic amines) is 1. The largest absolute Gasteiger partial charge is 0.872 e. The quantitative estimate of drug-likeness (QED) is 0.369. The van der Waals surface area contributed by atoms with Gasteiger partial charge in [-0.3, -0.25) is 9.59 Å². The second kappa shape index (κ2) is 10.4. The topological polar surface area (TPSA) is 83.3 Å². The molecule has 2 aliphatic heterocycles. The zero-order valence-electron chi connectivity index (χ0n) is 19.4. The summed E-state index contributed by atoms with van der Waals surface area (Å²) in [6, 6.07) is 11.3. The van der Waals surface area contributed by atoms with Crippen molar-refractivity contribution < 1.29 is 33.5 Å². The van der Waals surface area contributed by atoms with Crippen LogP contribution in [0.2, 0.25) is 0 Å². The molecule has 1 atom stereocenters. The normalized spacial score (nSPS) is 20.8. The molecule has 1 amide bonds. The number of nitrogens with zero attached hydrogens (tertiary/aromatic N) is 1. The number of benzene rings is 2. The highest BCUT2D eigenvalue weighted by atomic mass is 19.1. The van der Waals surface area contributed by atoms with E-state index in [1.165, 1.54) is 34.1 Å². The summed E-state index contributed by atoms with van der Waals surface area (Å²) in [5, 5.41) is 13.4. The molecule has 0 saturated carbocycles. The van der Waals surface area contributed by atoms with Crippen LogP contribution in [0.1, 0.15) is 31.0 Å². The number of nitrogens with one attached hydrogen (secondary N) is 1. The van der Waals surface area contributed by atoms with Crippen molar-refractivity contribution in [3.63, 3.8) is 0 Å². The predicted octanol–water partition coefficient (Wildman–Crippen LogP) is 0.752. The van der Waals surface area contributed by atoms with Crippen molar-refractivity contribution in [2.45, 2.75) is 26.0 Å². The first kappa shape index (κ1) is 23.9. The lowest BCUT2D eigenvalue weighted by atomic mass is 9.95. The molecular formula is C26H29FN2O5. The van der Waals surface area contributed by atoms with Crippen molar-refractivity contribution in [3.05, 3.63) is 71.0 Å². The van der Waals surface area contributed by atoms with Crippen LogP contribution in [0.5, 0.6) is 5.75 Å². The number of hydrogen-bond donors (Lipinski definition) is 1. The lowest BCUT2D eigenvalue weighted by Crippen LogP contribution is -3.14. The first-order valence-corrected chi connectivity index (χ1v) is 11.6. The van der Waals surface area contributed by atoms with Gasteiger partial charge >= 0.3 is 0 Å². The Hall–Kier alpha value is -3.23. The molecule has 0 aromatic heterocycles. The van der Waals surface area contributed by atoms with Crippen LogP contribution >= 0.6 is 0 Å². The Labute approximate surface area is 198 Å². The summed E-state index contributed by atoms with van der Waals surface area (Å²) in [5.74, 6) is -1.88. The second-order valence-electron chi connectivity index (χ2n) is 8.83. The minimum absolute atomic E-state index is 0.00402. The molecule has 0 radical (unpaired) electrons. The first-order valence-electron chi connectivity index (χ1n) is 11.6. The molecule has 0 aliphatic carbocycles. The van der Waals surface area contributed by atoms with E-state index >= 15 is 0 Å². The molecule has 2 aromatic rings.